The number of hydrogen-bond acceptors (Lipinski definition) is 3. The van der Waals surface area contributed by atoms with Crippen molar-refractivity contribution in [3.05, 3.63) is 52.2 Å². The fourth-order valence-corrected chi connectivity index (χ4v) is 2.57. The van der Waals surface area contributed by atoms with Gasteiger partial charge in [-0.1, -0.05) is 6.07 Å². The van der Waals surface area contributed by atoms with E-state index < -0.39 is 23.8 Å². The van der Waals surface area contributed by atoms with Gasteiger partial charge in [-0.15, -0.1) is 11.3 Å². The standard InChI is InChI=1S/C15H13F3O3S/c16-15(17,18)10-3-5-11(6-4-10)21-13(14(19)20)8-7-12-2-1-9-22-12/h1-6,9,13H,7-8H2,(H,19,20). The summed E-state index contributed by atoms with van der Waals surface area (Å²) >= 11 is 1.51. The van der Waals surface area contributed by atoms with Crippen LogP contribution in [-0.2, 0) is 17.4 Å². The van der Waals surface area contributed by atoms with Crippen LogP contribution in [0.2, 0.25) is 0 Å². The summed E-state index contributed by atoms with van der Waals surface area (Å²) in [6.07, 6.45) is -4.74. The molecule has 2 rings (SSSR count). The lowest BCUT2D eigenvalue weighted by Crippen LogP contribution is -2.27. The first-order valence-electron chi connectivity index (χ1n) is 6.45. The van der Waals surface area contributed by atoms with E-state index in [2.05, 4.69) is 0 Å². The number of benzene rings is 1. The third kappa shape index (κ3) is 4.49. The first-order valence-corrected chi connectivity index (χ1v) is 7.33. The molecule has 0 aliphatic carbocycles. The van der Waals surface area contributed by atoms with E-state index in [0.717, 1.165) is 29.1 Å². The lowest BCUT2D eigenvalue weighted by Gasteiger charge is -2.15. The smallest absolute Gasteiger partial charge is 0.416 e. The molecule has 118 valence electrons. The lowest BCUT2D eigenvalue weighted by molar-refractivity contribution is -0.145. The van der Waals surface area contributed by atoms with Crippen molar-refractivity contribution in [3.63, 3.8) is 0 Å². The van der Waals surface area contributed by atoms with Crippen LogP contribution in [0.4, 0.5) is 13.2 Å². The van der Waals surface area contributed by atoms with Gasteiger partial charge < -0.3 is 9.84 Å². The second-order valence-electron chi connectivity index (χ2n) is 4.58. The highest BCUT2D eigenvalue weighted by molar-refractivity contribution is 7.09. The van der Waals surface area contributed by atoms with E-state index in [4.69, 9.17) is 9.84 Å². The third-order valence-electron chi connectivity index (χ3n) is 2.97. The molecule has 0 spiro atoms. The Morgan fingerprint density at radius 2 is 1.91 bits per heavy atom. The average Bonchev–Trinajstić information content (AvgIpc) is 2.96. The zero-order valence-corrected chi connectivity index (χ0v) is 12.2. The van der Waals surface area contributed by atoms with Gasteiger partial charge in [0.1, 0.15) is 5.75 Å². The maximum absolute atomic E-state index is 12.5. The van der Waals surface area contributed by atoms with E-state index in [9.17, 15) is 18.0 Å². The number of aliphatic carboxylic acids is 1. The van der Waals surface area contributed by atoms with Gasteiger partial charge in [0.05, 0.1) is 5.56 Å². The predicted octanol–water partition coefficient (Wildman–Crippen LogP) is 4.23. The fourth-order valence-electron chi connectivity index (χ4n) is 1.85. The highest BCUT2D eigenvalue weighted by Crippen LogP contribution is 2.30. The number of ether oxygens (including phenoxy) is 1. The third-order valence-corrected chi connectivity index (χ3v) is 3.90. The fraction of sp³-hybridized carbons (Fsp3) is 0.267. The van der Waals surface area contributed by atoms with Gasteiger partial charge in [-0.3, -0.25) is 0 Å². The van der Waals surface area contributed by atoms with Crippen molar-refractivity contribution >= 4 is 17.3 Å². The lowest BCUT2D eigenvalue weighted by atomic mass is 10.1. The summed E-state index contributed by atoms with van der Waals surface area (Å²) in [6, 6.07) is 7.75. The Kier molecular flexibility index (Phi) is 5.07. The van der Waals surface area contributed by atoms with Crippen LogP contribution in [0.15, 0.2) is 41.8 Å². The summed E-state index contributed by atoms with van der Waals surface area (Å²) in [6.45, 7) is 0. The monoisotopic (exact) mass is 330 g/mol. The SMILES string of the molecule is O=C(O)C(CCc1cccs1)Oc1ccc(C(F)(F)F)cc1. The molecule has 1 aromatic carbocycles. The molecule has 0 radical (unpaired) electrons. The Bertz CT molecular complexity index is 606. The molecule has 1 heterocycles. The molecule has 0 aliphatic heterocycles. The quantitative estimate of drug-likeness (QED) is 0.862. The molecule has 0 aliphatic rings. The molecular weight excluding hydrogens is 317 g/mol. The van der Waals surface area contributed by atoms with Crippen LogP contribution in [0.25, 0.3) is 0 Å². The minimum atomic E-state index is -4.43. The average molecular weight is 330 g/mol. The Labute approximate surface area is 129 Å². The van der Waals surface area contributed by atoms with Crippen molar-refractivity contribution in [1.82, 2.24) is 0 Å². The number of halogens is 3. The summed E-state index contributed by atoms with van der Waals surface area (Å²) in [4.78, 5) is 12.2. The molecule has 7 heteroatoms. The summed E-state index contributed by atoms with van der Waals surface area (Å²) < 4.78 is 42.6. The van der Waals surface area contributed by atoms with E-state index in [1.165, 1.54) is 11.3 Å². The van der Waals surface area contributed by atoms with Crippen molar-refractivity contribution in [2.45, 2.75) is 25.1 Å². The molecule has 22 heavy (non-hydrogen) atoms. The van der Waals surface area contributed by atoms with Crippen molar-refractivity contribution in [2.24, 2.45) is 0 Å². The molecule has 3 nitrogen and oxygen atoms in total. The van der Waals surface area contributed by atoms with Gasteiger partial charge in [-0.05, 0) is 42.1 Å². The molecule has 0 saturated carbocycles. The molecule has 0 bridgehead atoms. The normalized spacial score (nSPS) is 12.9. The summed E-state index contributed by atoms with van der Waals surface area (Å²) in [7, 11) is 0. The summed E-state index contributed by atoms with van der Waals surface area (Å²) in [5.74, 6) is -1.04. The van der Waals surface area contributed by atoms with E-state index in [1.807, 2.05) is 17.5 Å². The van der Waals surface area contributed by atoms with Crippen LogP contribution in [0.1, 0.15) is 16.9 Å². The number of carboxylic acids is 1. The van der Waals surface area contributed by atoms with Gasteiger partial charge in [0.25, 0.3) is 0 Å². The number of rotatable bonds is 6. The second-order valence-corrected chi connectivity index (χ2v) is 5.62. The van der Waals surface area contributed by atoms with Crippen LogP contribution in [0.5, 0.6) is 5.75 Å². The largest absolute Gasteiger partial charge is 0.479 e. The maximum atomic E-state index is 12.5. The van der Waals surface area contributed by atoms with E-state index in [0.29, 0.717) is 6.42 Å². The first-order chi connectivity index (χ1) is 10.4. The first kappa shape index (κ1) is 16.4. The van der Waals surface area contributed by atoms with Gasteiger partial charge in [-0.25, -0.2) is 4.79 Å². The zero-order valence-electron chi connectivity index (χ0n) is 11.3. The van der Waals surface area contributed by atoms with Crippen molar-refractivity contribution in [2.75, 3.05) is 0 Å². The van der Waals surface area contributed by atoms with Gasteiger partial charge in [0.15, 0.2) is 6.10 Å². The van der Waals surface area contributed by atoms with Gasteiger partial charge in [0.2, 0.25) is 0 Å². The van der Waals surface area contributed by atoms with Crippen molar-refractivity contribution < 1.29 is 27.8 Å². The Balaban J connectivity index is 2.00. The number of hydrogen-bond donors (Lipinski definition) is 1. The molecule has 1 N–H and O–H groups in total. The van der Waals surface area contributed by atoms with Crippen LogP contribution in [-0.4, -0.2) is 17.2 Å². The topological polar surface area (TPSA) is 46.5 Å². The van der Waals surface area contributed by atoms with Gasteiger partial charge >= 0.3 is 12.1 Å². The number of alkyl halides is 3. The molecule has 1 unspecified atom stereocenters. The molecule has 0 saturated heterocycles. The minimum absolute atomic E-state index is 0.103. The summed E-state index contributed by atoms with van der Waals surface area (Å²) in [5, 5.41) is 11.0. The maximum Gasteiger partial charge on any atom is 0.416 e. The van der Waals surface area contributed by atoms with Gasteiger partial charge in [-0.2, -0.15) is 13.2 Å². The minimum Gasteiger partial charge on any atom is -0.479 e. The van der Waals surface area contributed by atoms with Crippen LogP contribution in [0, 0.1) is 0 Å². The number of thiophene rings is 1. The molecule has 0 amide bonds. The number of aryl methyl sites for hydroxylation is 1. The van der Waals surface area contributed by atoms with E-state index in [-0.39, 0.29) is 12.2 Å². The van der Waals surface area contributed by atoms with Gasteiger partial charge in [0, 0.05) is 11.3 Å². The van der Waals surface area contributed by atoms with E-state index >= 15 is 0 Å². The Morgan fingerprint density at radius 1 is 1.23 bits per heavy atom. The molecule has 1 atom stereocenters. The highest BCUT2D eigenvalue weighted by Gasteiger charge is 2.30. The molecule has 2 aromatic rings. The molecule has 0 fully saturated rings. The summed E-state index contributed by atoms with van der Waals surface area (Å²) in [5.41, 5.74) is -0.801. The molecular formula is C15H13F3O3S. The number of carboxylic acid groups (broad SMARTS) is 1. The highest BCUT2D eigenvalue weighted by atomic mass is 32.1. The van der Waals surface area contributed by atoms with E-state index in [1.54, 1.807) is 0 Å². The van der Waals surface area contributed by atoms with Crippen molar-refractivity contribution in [3.8, 4) is 5.75 Å². The Hall–Kier alpha value is -2.02. The van der Waals surface area contributed by atoms with Crippen LogP contribution in [0.3, 0.4) is 0 Å². The molecule has 1 aromatic heterocycles. The number of carbonyl (C=O) groups is 1. The predicted molar refractivity (Wildman–Crippen MR) is 76.1 cm³/mol. The second kappa shape index (κ2) is 6.83. The van der Waals surface area contributed by atoms with Crippen molar-refractivity contribution in [1.29, 1.82) is 0 Å². The Morgan fingerprint density at radius 3 is 2.41 bits per heavy atom. The zero-order chi connectivity index (χ0) is 16.2. The van der Waals surface area contributed by atoms with Crippen LogP contribution < -0.4 is 4.74 Å². The van der Waals surface area contributed by atoms with Crippen LogP contribution >= 0.6 is 11.3 Å².